The van der Waals surface area contributed by atoms with Crippen LogP contribution in [-0.2, 0) is 19.5 Å². The zero-order chi connectivity index (χ0) is 14.8. The van der Waals surface area contributed by atoms with Crippen LogP contribution < -0.4 is 0 Å². The zero-order valence-corrected chi connectivity index (χ0v) is 12.7. The molecule has 0 aromatic carbocycles. The Bertz CT molecular complexity index is 638. The van der Waals surface area contributed by atoms with E-state index in [4.69, 9.17) is 0 Å². The zero-order valence-electron chi connectivity index (χ0n) is 12.7. The minimum Gasteiger partial charge on any atom is -0.346 e. The summed E-state index contributed by atoms with van der Waals surface area (Å²) in [6.07, 6.45) is 9.50. The number of hydrogen-bond acceptors (Lipinski definition) is 3. The van der Waals surface area contributed by atoms with Crippen molar-refractivity contribution in [3.05, 3.63) is 35.7 Å². The molecule has 0 atom stereocenters. The van der Waals surface area contributed by atoms with Crippen LogP contribution in [0.4, 0.5) is 0 Å². The SMILES string of the molecule is CC(C)Cn1ncnc1Cn1cc2c(c1)C(=O)CCCC2. The van der Waals surface area contributed by atoms with Crippen LogP contribution in [0, 0.1) is 5.92 Å². The Morgan fingerprint density at radius 1 is 1.24 bits per heavy atom. The van der Waals surface area contributed by atoms with Gasteiger partial charge in [-0.25, -0.2) is 9.67 Å². The molecule has 2 heterocycles. The van der Waals surface area contributed by atoms with Gasteiger partial charge in [-0.1, -0.05) is 13.8 Å². The van der Waals surface area contributed by atoms with Crippen molar-refractivity contribution in [2.24, 2.45) is 5.92 Å². The third-order valence-electron chi connectivity index (χ3n) is 3.92. The average Bonchev–Trinajstić information content (AvgIpc) is 2.98. The third kappa shape index (κ3) is 3.06. The predicted molar refractivity (Wildman–Crippen MR) is 80.3 cm³/mol. The Hall–Kier alpha value is -1.91. The number of hydrogen-bond donors (Lipinski definition) is 0. The van der Waals surface area contributed by atoms with E-state index in [-0.39, 0.29) is 5.78 Å². The highest BCUT2D eigenvalue weighted by atomic mass is 16.1. The van der Waals surface area contributed by atoms with E-state index in [0.717, 1.165) is 37.2 Å². The van der Waals surface area contributed by atoms with E-state index in [1.54, 1.807) is 6.33 Å². The second kappa shape index (κ2) is 5.84. The maximum atomic E-state index is 12.1. The topological polar surface area (TPSA) is 52.7 Å². The molecule has 2 aromatic rings. The van der Waals surface area contributed by atoms with Gasteiger partial charge >= 0.3 is 0 Å². The van der Waals surface area contributed by atoms with Gasteiger partial charge in [0.05, 0.1) is 6.54 Å². The molecular formula is C16H22N4O. The number of Topliss-reactive ketones (excluding diaryl/α,β-unsaturated/α-hetero) is 1. The van der Waals surface area contributed by atoms with Crippen LogP contribution in [0.5, 0.6) is 0 Å². The molecule has 1 aliphatic rings. The van der Waals surface area contributed by atoms with Gasteiger partial charge in [-0.2, -0.15) is 5.10 Å². The molecule has 0 saturated carbocycles. The molecule has 5 heteroatoms. The summed E-state index contributed by atoms with van der Waals surface area (Å²) in [6, 6.07) is 0. The van der Waals surface area contributed by atoms with Gasteiger partial charge in [0.1, 0.15) is 12.2 Å². The summed E-state index contributed by atoms with van der Waals surface area (Å²) in [7, 11) is 0. The van der Waals surface area contributed by atoms with Gasteiger partial charge in [0.2, 0.25) is 0 Å². The van der Waals surface area contributed by atoms with Crippen LogP contribution >= 0.6 is 0 Å². The first-order valence-electron chi connectivity index (χ1n) is 7.72. The molecule has 21 heavy (non-hydrogen) atoms. The number of aryl methyl sites for hydroxylation is 1. The van der Waals surface area contributed by atoms with Crippen LogP contribution in [-0.4, -0.2) is 25.1 Å². The highest BCUT2D eigenvalue weighted by Gasteiger charge is 2.18. The smallest absolute Gasteiger partial charge is 0.164 e. The van der Waals surface area contributed by atoms with Crippen LogP contribution in [0.2, 0.25) is 0 Å². The molecule has 0 fully saturated rings. The van der Waals surface area contributed by atoms with E-state index in [1.165, 1.54) is 5.56 Å². The van der Waals surface area contributed by atoms with Crippen molar-refractivity contribution in [1.29, 1.82) is 0 Å². The van der Waals surface area contributed by atoms with E-state index in [2.05, 4.69) is 34.7 Å². The molecule has 0 bridgehead atoms. The van der Waals surface area contributed by atoms with Crippen LogP contribution in [0.3, 0.4) is 0 Å². The molecule has 0 aliphatic heterocycles. The van der Waals surface area contributed by atoms with Gasteiger partial charge < -0.3 is 4.57 Å². The van der Waals surface area contributed by atoms with Gasteiger partial charge in [0.25, 0.3) is 0 Å². The van der Waals surface area contributed by atoms with Crippen LogP contribution in [0.1, 0.15) is 54.9 Å². The number of rotatable bonds is 4. The second-order valence-corrected chi connectivity index (χ2v) is 6.25. The largest absolute Gasteiger partial charge is 0.346 e. The molecule has 1 aliphatic carbocycles. The van der Waals surface area contributed by atoms with Gasteiger partial charge in [-0.15, -0.1) is 0 Å². The van der Waals surface area contributed by atoms with Crippen molar-refractivity contribution in [1.82, 2.24) is 19.3 Å². The van der Waals surface area contributed by atoms with E-state index >= 15 is 0 Å². The second-order valence-electron chi connectivity index (χ2n) is 6.25. The molecule has 3 rings (SSSR count). The molecular weight excluding hydrogens is 264 g/mol. The van der Waals surface area contributed by atoms with Crippen molar-refractivity contribution >= 4 is 5.78 Å². The number of ketones is 1. The normalized spacial score (nSPS) is 15.3. The summed E-state index contributed by atoms with van der Waals surface area (Å²) in [4.78, 5) is 16.4. The molecule has 112 valence electrons. The lowest BCUT2D eigenvalue weighted by Crippen LogP contribution is -2.12. The molecule has 0 radical (unpaired) electrons. The van der Waals surface area contributed by atoms with Crippen molar-refractivity contribution < 1.29 is 4.79 Å². The lowest BCUT2D eigenvalue weighted by atomic mass is 10.1. The predicted octanol–water partition coefficient (Wildman–Crippen LogP) is 2.69. The van der Waals surface area contributed by atoms with Crippen molar-refractivity contribution in [2.75, 3.05) is 0 Å². The van der Waals surface area contributed by atoms with Crippen molar-refractivity contribution in [3.8, 4) is 0 Å². The number of carbonyl (C=O) groups excluding carboxylic acids is 1. The summed E-state index contributed by atoms with van der Waals surface area (Å²) < 4.78 is 4.03. The quantitative estimate of drug-likeness (QED) is 0.812. The van der Waals surface area contributed by atoms with E-state index in [9.17, 15) is 4.79 Å². The maximum absolute atomic E-state index is 12.1. The Kier molecular flexibility index (Phi) is 3.90. The summed E-state index contributed by atoms with van der Waals surface area (Å²) >= 11 is 0. The Balaban J connectivity index is 1.81. The molecule has 0 N–H and O–H groups in total. The first-order chi connectivity index (χ1) is 10.1. The van der Waals surface area contributed by atoms with Crippen LogP contribution in [0.15, 0.2) is 18.7 Å². The summed E-state index contributed by atoms with van der Waals surface area (Å²) in [5.41, 5.74) is 2.09. The molecule has 5 nitrogen and oxygen atoms in total. The first kappa shape index (κ1) is 14.0. The molecule has 0 amide bonds. The Labute approximate surface area is 125 Å². The van der Waals surface area contributed by atoms with Gasteiger partial charge in [-0.05, 0) is 30.7 Å². The fourth-order valence-corrected chi connectivity index (χ4v) is 2.91. The van der Waals surface area contributed by atoms with E-state index < -0.39 is 0 Å². The lowest BCUT2D eigenvalue weighted by molar-refractivity contribution is 0.0982. The van der Waals surface area contributed by atoms with Crippen molar-refractivity contribution in [3.63, 3.8) is 0 Å². The highest BCUT2D eigenvalue weighted by molar-refractivity contribution is 5.97. The number of carbonyl (C=O) groups is 1. The van der Waals surface area contributed by atoms with Crippen LogP contribution in [0.25, 0.3) is 0 Å². The Morgan fingerprint density at radius 3 is 2.86 bits per heavy atom. The fourth-order valence-electron chi connectivity index (χ4n) is 2.91. The maximum Gasteiger partial charge on any atom is 0.164 e. The third-order valence-corrected chi connectivity index (χ3v) is 3.92. The van der Waals surface area contributed by atoms with Crippen molar-refractivity contribution in [2.45, 2.75) is 52.6 Å². The fraction of sp³-hybridized carbons (Fsp3) is 0.562. The number of fused-ring (bicyclic) bond motifs is 1. The molecule has 2 aromatic heterocycles. The van der Waals surface area contributed by atoms with Gasteiger partial charge in [0.15, 0.2) is 5.78 Å². The Morgan fingerprint density at radius 2 is 2.05 bits per heavy atom. The van der Waals surface area contributed by atoms with E-state index in [0.29, 0.717) is 18.9 Å². The minimum absolute atomic E-state index is 0.282. The summed E-state index contributed by atoms with van der Waals surface area (Å²) in [5.74, 6) is 1.76. The molecule has 0 saturated heterocycles. The molecule has 0 unspecified atom stereocenters. The first-order valence-corrected chi connectivity index (χ1v) is 7.72. The lowest BCUT2D eigenvalue weighted by Gasteiger charge is -2.09. The highest BCUT2D eigenvalue weighted by Crippen LogP contribution is 2.22. The van der Waals surface area contributed by atoms with Gasteiger partial charge in [0, 0.05) is 30.9 Å². The summed E-state index contributed by atoms with van der Waals surface area (Å²) in [5, 5.41) is 4.29. The van der Waals surface area contributed by atoms with E-state index in [1.807, 2.05) is 10.9 Å². The number of aromatic nitrogens is 4. The average molecular weight is 286 g/mol. The van der Waals surface area contributed by atoms with Gasteiger partial charge in [-0.3, -0.25) is 4.79 Å². The summed E-state index contributed by atoms with van der Waals surface area (Å²) in [6.45, 7) is 5.88. The molecule has 0 spiro atoms. The minimum atomic E-state index is 0.282. The standard InChI is InChI=1S/C16H22N4O/c1-12(2)7-20-16(17-11-18-20)10-19-8-13-5-3-4-6-15(21)14(13)9-19/h8-9,11-12H,3-7,10H2,1-2H3. The number of nitrogens with zero attached hydrogens (tertiary/aromatic N) is 4. The monoisotopic (exact) mass is 286 g/mol.